The van der Waals surface area contributed by atoms with Crippen molar-refractivity contribution in [1.29, 1.82) is 0 Å². The second-order valence-electron chi connectivity index (χ2n) is 6.20. The summed E-state index contributed by atoms with van der Waals surface area (Å²) in [5.74, 6) is -0.0229. The summed E-state index contributed by atoms with van der Waals surface area (Å²) in [6.45, 7) is 4.72. The molecule has 0 N–H and O–H groups in total. The van der Waals surface area contributed by atoms with E-state index in [9.17, 15) is 9.18 Å². The van der Waals surface area contributed by atoms with E-state index in [4.69, 9.17) is 0 Å². The van der Waals surface area contributed by atoms with Crippen molar-refractivity contribution in [3.8, 4) is 0 Å². The van der Waals surface area contributed by atoms with Crippen LogP contribution in [0.5, 0.6) is 0 Å². The Morgan fingerprint density at radius 1 is 1.12 bits per heavy atom. The van der Waals surface area contributed by atoms with Crippen LogP contribution in [0.25, 0.3) is 6.08 Å². The Bertz CT molecular complexity index is 813. The molecule has 1 aliphatic heterocycles. The molecule has 0 radical (unpaired) electrons. The van der Waals surface area contributed by atoms with E-state index in [-0.39, 0.29) is 11.7 Å². The lowest BCUT2D eigenvalue weighted by molar-refractivity contribution is -0.122. The number of amides is 1. The predicted molar refractivity (Wildman–Crippen MR) is 102 cm³/mol. The summed E-state index contributed by atoms with van der Waals surface area (Å²) < 4.78 is 13.1. The fraction of sp³-hybridized carbons (Fsp3) is 0.200. The number of carbonyl (C=O) groups is 1. The molecule has 0 atom stereocenters. The number of hydrogen-bond acceptors (Lipinski definition) is 3. The van der Waals surface area contributed by atoms with Crippen molar-refractivity contribution in [1.82, 2.24) is 4.90 Å². The minimum absolute atomic E-state index is 0.0385. The van der Waals surface area contributed by atoms with Gasteiger partial charge in [0.05, 0.1) is 10.6 Å². The Hall–Kier alpha value is -2.40. The third kappa shape index (κ3) is 4.37. The number of nitrogens with zero attached hydrogens (tertiary/aromatic N) is 2. The van der Waals surface area contributed by atoms with E-state index in [2.05, 4.69) is 18.8 Å². The van der Waals surface area contributed by atoms with Gasteiger partial charge in [0.25, 0.3) is 5.91 Å². The van der Waals surface area contributed by atoms with Gasteiger partial charge in [-0.25, -0.2) is 9.38 Å². The smallest absolute Gasteiger partial charge is 0.266 e. The molecule has 1 heterocycles. The van der Waals surface area contributed by atoms with Crippen molar-refractivity contribution in [2.24, 2.45) is 10.9 Å². The van der Waals surface area contributed by atoms with Crippen molar-refractivity contribution in [2.45, 2.75) is 13.8 Å². The fourth-order valence-corrected chi connectivity index (χ4v) is 3.45. The van der Waals surface area contributed by atoms with Crippen molar-refractivity contribution in [2.75, 3.05) is 6.54 Å². The van der Waals surface area contributed by atoms with Crippen LogP contribution in [-0.4, -0.2) is 22.5 Å². The second kappa shape index (κ2) is 7.66. The second-order valence-corrected chi connectivity index (χ2v) is 7.21. The first-order valence-electron chi connectivity index (χ1n) is 8.13. The minimum Gasteiger partial charge on any atom is -0.286 e. The molecule has 1 fully saturated rings. The molecule has 128 valence electrons. The average molecular weight is 354 g/mol. The number of rotatable bonds is 4. The van der Waals surface area contributed by atoms with E-state index >= 15 is 0 Å². The normalized spacial score (nSPS) is 17.9. The lowest BCUT2D eigenvalue weighted by Crippen LogP contribution is -2.32. The van der Waals surface area contributed by atoms with Gasteiger partial charge in [-0.2, -0.15) is 0 Å². The van der Waals surface area contributed by atoms with Gasteiger partial charge in [0.15, 0.2) is 5.17 Å². The Kier molecular flexibility index (Phi) is 5.34. The van der Waals surface area contributed by atoms with Gasteiger partial charge < -0.3 is 0 Å². The lowest BCUT2D eigenvalue weighted by Gasteiger charge is -2.17. The van der Waals surface area contributed by atoms with Crippen molar-refractivity contribution >= 4 is 34.6 Å². The van der Waals surface area contributed by atoms with Gasteiger partial charge >= 0.3 is 0 Å². The summed E-state index contributed by atoms with van der Waals surface area (Å²) >= 11 is 1.36. The summed E-state index contributed by atoms with van der Waals surface area (Å²) in [5.41, 5.74) is 1.61. The van der Waals surface area contributed by atoms with Crippen molar-refractivity contribution in [3.05, 3.63) is 70.9 Å². The zero-order valence-corrected chi connectivity index (χ0v) is 15.0. The molecule has 0 aromatic heterocycles. The Morgan fingerprint density at radius 2 is 1.80 bits per heavy atom. The summed E-state index contributed by atoms with van der Waals surface area (Å²) in [6.07, 6.45) is 1.88. The Labute approximate surface area is 151 Å². The molecule has 3 rings (SSSR count). The zero-order chi connectivity index (χ0) is 17.8. The Balaban J connectivity index is 1.94. The van der Waals surface area contributed by atoms with Crippen LogP contribution in [0, 0.1) is 11.7 Å². The molecule has 1 saturated heterocycles. The number of thioether (sulfide) groups is 1. The van der Waals surface area contributed by atoms with Gasteiger partial charge in [0, 0.05) is 6.54 Å². The van der Waals surface area contributed by atoms with E-state index in [0.717, 1.165) is 5.56 Å². The first kappa shape index (κ1) is 17.4. The minimum atomic E-state index is -0.303. The highest BCUT2D eigenvalue weighted by Crippen LogP contribution is 2.34. The molecule has 1 aliphatic rings. The van der Waals surface area contributed by atoms with Crippen LogP contribution >= 0.6 is 11.8 Å². The largest absolute Gasteiger partial charge is 0.286 e. The highest BCUT2D eigenvalue weighted by atomic mass is 32.2. The first-order chi connectivity index (χ1) is 12.0. The maximum Gasteiger partial charge on any atom is 0.266 e. The predicted octanol–water partition coefficient (Wildman–Crippen LogP) is 5.09. The number of hydrogen-bond donors (Lipinski definition) is 0. The van der Waals surface area contributed by atoms with E-state index in [1.165, 1.54) is 23.9 Å². The number of amidine groups is 1. The van der Waals surface area contributed by atoms with Crippen molar-refractivity contribution in [3.63, 3.8) is 0 Å². The molecule has 0 unspecified atom stereocenters. The monoisotopic (exact) mass is 354 g/mol. The quantitative estimate of drug-likeness (QED) is 0.717. The third-order valence-electron chi connectivity index (χ3n) is 3.58. The van der Waals surface area contributed by atoms with Crippen LogP contribution in [0.4, 0.5) is 10.1 Å². The first-order valence-corrected chi connectivity index (χ1v) is 8.95. The van der Waals surface area contributed by atoms with E-state index in [1.54, 1.807) is 17.0 Å². The van der Waals surface area contributed by atoms with Crippen molar-refractivity contribution < 1.29 is 9.18 Å². The molecular formula is C20H19FN2OS. The number of aliphatic imine (C=N–C) groups is 1. The van der Waals surface area contributed by atoms with Gasteiger partial charge in [-0.05, 0) is 53.6 Å². The third-order valence-corrected chi connectivity index (χ3v) is 4.59. The highest BCUT2D eigenvalue weighted by molar-refractivity contribution is 8.18. The molecule has 0 aliphatic carbocycles. The van der Waals surface area contributed by atoms with Crippen LogP contribution in [0.1, 0.15) is 19.4 Å². The highest BCUT2D eigenvalue weighted by Gasteiger charge is 2.33. The van der Waals surface area contributed by atoms with Crippen LogP contribution < -0.4 is 0 Å². The summed E-state index contributed by atoms with van der Waals surface area (Å²) in [6, 6.07) is 15.7. The SMILES string of the molecule is CC(C)CN1C(=O)/C(=C/c2ccccc2)S/C1=N\c1ccc(F)cc1. The maximum absolute atomic E-state index is 13.1. The number of halogens is 1. The van der Waals surface area contributed by atoms with Gasteiger partial charge in [0.1, 0.15) is 5.82 Å². The standard InChI is InChI=1S/C20H19FN2OS/c1-14(2)13-23-19(24)18(12-15-6-4-3-5-7-15)25-20(23)22-17-10-8-16(21)9-11-17/h3-12,14H,13H2,1-2H3/b18-12-,22-20-. The molecule has 0 spiro atoms. The van der Waals surface area contributed by atoms with Crippen LogP contribution in [0.3, 0.4) is 0 Å². The molecular weight excluding hydrogens is 335 g/mol. The maximum atomic E-state index is 13.1. The van der Waals surface area contributed by atoms with E-state index in [0.29, 0.717) is 28.2 Å². The van der Waals surface area contributed by atoms with Gasteiger partial charge in [0.2, 0.25) is 0 Å². The summed E-state index contributed by atoms with van der Waals surface area (Å²) in [5, 5.41) is 0.632. The van der Waals surface area contributed by atoms with E-state index < -0.39 is 0 Å². The molecule has 3 nitrogen and oxygen atoms in total. The molecule has 2 aromatic rings. The molecule has 1 amide bonds. The van der Waals surface area contributed by atoms with Gasteiger partial charge in [-0.15, -0.1) is 0 Å². The molecule has 0 bridgehead atoms. The number of carbonyl (C=O) groups excluding carboxylic acids is 1. The zero-order valence-electron chi connectivity index (χ0n) is 14.1. The van der Waals surface area contributed by atoms with Gasteiger partial charge in [-0.1, -0.05) is 44.2 Å². The molecule has 5 heteroatoms. The average Bonchev–Trinajstić information content (AvgIpc) is 2.86. The topological polar surface area (TPSA) is 32.7 Å². The summed E-state index contributed by atoms with van der Waals surface area (Å²) in [7, 11) is 0. The lowest BCUT2D eigenvalue weighted by atomic mass is 10.2. The number of benzene rings is 2. The Morgan fingerprint density at radius 3 is 2.44 bits per heavy atom. The van der Waals surface area contributed by atoms with Crippen LogP contribution in [0.15, 0.2) is 64.5 Å². The molecule has 0 saturated carbocycles. The van der Waals surface area contributed by atoms with Gasteiger partial charge in [-0.3, -0.25) is 9.69 Å². The van der Waals surface area contributed by atoms with Crippen LogP contribution in [0.2, 0.25) is 0 Å². The fourth-order valence-electron chi connectivity index (χ4n) is 2.44. The molecule has 25 heavy (non-hydrogen) atoms. The van der Waals surface area contributed by atoms with E-state index in [1.807, 2.05) is 36.4 Å². The summed E-state index contributed by atoms with van der Waals surface area (Å²) in [4.78, 5) is 19.7. The van der Waals surface area contributed by atoms with Crippen LogP contribution in [-0.2, 0) is 4.79 Å². The molecule has 2 aromatic carbocycles.